The molecule has 1 heterocycles. The van der Waals surface area contributed by atoms with Crippen LogP contribution in [0, 0.1) is 0 Å². The number of hydrogen-bond acceptors (Lipinski definition) is 3. The van der Waals surface area contributed by atoms with Crippen LogP contribution >= 0.6 is 0 Å². The zero-order chi connectivity index (χ0) is 10.0. The average Bonchev–Trinajstić information content (AvgIpc) is 2.37. The van der Waals surface area contributed by atoms with Crippen LogP contribution in [0.4, 0.5) is 0 Å². The summed E-state index contributed by atoms with van der Waals surface area (Å²) in [4.78, 5) is 23.5. The summed E-state index contributed by atoms with van der Waals surface area (Å²) >= 11 is 0. The minimum Gasteiger partial charge on any atom is -0.383 e. The highest BCUT2D eigenvalue weighted by atomic mass is 16.3. The molecule has 2 amide bonds. The Bertz CT molecular complexity index is 229. The second-order valence-electron chi connectivity index (χ2n) is 3.16. The van der Waals surface area contributed by atoms with Crippen LogP contribution < -0.4 is 5.73 Å². The molecule has 2 atom stereocenters. The van der Waals surface area contributed by atoms with Crippen molar-refractivity contribution in [1.82, 2.24) is 4.90 Å². The molecule has 1 fully saturated rings. The number of nitrogens with two attached hydrogens (primary N) is 1. The zero-order valence-corrected chi connectivity index (χ0v) is 7.56. The maximum absolute atomic E-state index is 11.3. The van der Waals surface area contributed by atoms with Gasteiger partial charge in [0.2, 0.25) is 5.91 Å². The van der Waals surface area contributed by atoms with Crippen molar-refractivity contribution in [3.05, 3.63) is 0 Å². The Hall–Kier alpha value is -1.10. The molecule has 1 aliphatic rings. The van der Waals surface area contributed by atoms with Crippen LogP contribution in [0.3, 0.4) is 0 Å². The number of carbonyl (C=O) groups is 2. The van der Waals surface area contributed by atoms with Gasteiger partial charge in [-0.3, -0.25) is 9.59 Å². The number of carbonyl (C=O) groups excluding carboxylic acids is 2. The minimum atomic E-state index is -0.951. The van der Waals surface area contributed by atoms with E-state index in [4.69, 9.17) is 10.8 Å². The van der Waals surface area contributed by atoms with E-state index in [0.717, 1.165) is 0 Å². The molecule has 13 heavy (non-hydrogen) atoms. The molecule has 1 aliphatic heterocycles. The lowest BCUT2D eigenvalue weighted by atomic mass is 10.2. The fraction of sp³-hybridized carbons (Fsp3) is 0.750. The van der Waals surface area contributed by atoms with E-state index in [9.17, 15) is 9.59 Å². The third-order valence-corrected chi connectivity index (χ3v) is 2.30. The van der Waals surface area contributed by atoms with Gasteiger partial charge in [-0.05, 0) is 12.8 Å². The Kier molecular flexibility index (Phi) is 2.87. The number of amides is 2. The first-order chi connectivity index (χ1) is 6.07. The molecule has 0 saturated carbocycles. The van der Waals surface area contributed by atoms with Gasteiger partial charge < -0.3 is 15.7 Å². The number of hydrogen-bond donors (Lipinski definition) is 2. The molecule has 0 spiro atoms. The minimum absolute atomic E-state index is 0.384. The fourth-order valence-corrected chi connectivity index (χ4v) is 1.57. The molecule has 1 rings (SSSR count). The molecule has 3 N–H and O–H groups in total. The van der Waals surface area contributed by atoms with E-state index < -0.39 is 18.1 Å². The van der Waals surface area contributed by atoms with Crippen molar-refractivity contribution in [3.63, 3.8) is 0 Å². The Labute approximate surface area is 76.5 Å². The number of rotatable bonds is 3. The molecule has 0 aromatic heterocycles. The van der Waals surface area contributed by atoms with Crippen LogP contribution in [0.25, 0.3) is 0 Å². The molecular formula is C8H14N2O3. The van der Waals surface area contributed by atoms with Crippen LogP contribution in [-0.4, -0.2) is 40.5 Å². The molecule has 0 aromatic carbocycles. The summed E-state index contributed by atoms with van der Waals surface area (Å²) in [5.41, 5.74) is 5.12. The van der Waals surface area contributed by atoms with Gasteiger partial charge in [-0.1, -0.05) is 6.92 Å². The lowest BCUT2D eigenvalue weighted by Crippen LogP contribution is -2.46. The van der Waals surface area contributed by atoms with Gasteiger partial charge >= 0.3 is 0 Å². The largest absolute Gasteiger partial charge is 0.383 e. The summed E-state index contributed by atoms with van der Waals surface area (Å²) in [7, 11) is 0. The van der Waals surface area contributed by atoms with Gasteiger partial charge in [0.15, 0.2) is 0 Å². The van der Waals surface area contributed by atoms with Crippen molar-refractivity contribution in [2.75, 3.05) is 6.54 Å². The van der Waals surface area contributed by atoms with Crippen LogP contribution in [0.15, 0.2) is 0 Å². The van der Waals surface area contributed by atoms with Crippen LogP contribution in [0.5, 0.6) is 0 Å². The second-order valence-corrected chi connectivity index (χ2v) is 3.16. The van der Waals surface area contributed by atoms with E-state index in [-0.39, 0.29) is 5.91 Å². The Morgan fingerprint density at radius 3 is 2.77 bits per heavy atom. The molecule has 0 aromatic rings. The summed E-state index contributed by atoms with van der Waals surface area (Å²) in [6.07, 6.45) is -0.0652. The fourth-order valence-electron chi connectivity index (χ4n) is 1.57. The lowest BCUT2D eigenvalue weighted by molar-refractivity contribution is -0.140. The van der Waals surface area contributed by atoms with E-state index in [2.05, 4.69) is 0 Å². The monoisotopic (exact) mass is 186 g/mol. The van der Waals surface area contributed by atoms with Gasteiger partial charge in [0.25, 0.3) is 5.91 Å². The molecule has 5 nitrogen and oxygen atoms in total. The SMILES string of the molecule is CCC(C(N)=O)N1CCC(O)C1=O. The van der Waals surface area contributed by atoms with Gasteiger partial charge in [0.05, 0.1) is 0 Å². The standard InChI is InChI=1S/C8H14N2O3/c1-2-5(7(9)12)10-4-3-6(11)8(10)13/h5-6,11H,2-4H2,1H3,(H2,9,12). The highest BCUT2D eigenvalue weighted by Crippen LogP contribution is 2.15. The number of aliphatic hydroxyl groups is 1. The van der Waals surface area contributed by atoms with Gasteiger partial charge in [0, 0.05) is 6.54 Å². The maximum atomic E-state index is 11.3. The van der Waals surface area contributed by atoms with E-state index in [1.165, 1.54) is 4.90 Å². The van der Waals surface area contributed by atoms with Crippen molar-refractivity contribution >= 4 is 11.8 Å². The van der Waals surface area contributed by atoms with Gasteiger partial charge in [-0.15, -0.1) is 0 Å². The van der Waals surface area contributed by atoms with Crippen molar-refractivity contribution in [2.24, 2.45) is 5.73 Å². The van der Waals surface area contributed by atoms with Gasteiger partial charge in [-0.25, -0.2) is 0 Å². The quantitative estimate of drug-likeness (QED) is 0.583. The summed E-state index contributed by atoms with van der Waals surface area (Å²) in [5, 5.41) is 9.15. The van der Waals surface area contributed by atoms with Crippen LogP contribution in [-0.2, 0) is 9.59 Å². The van der Waals surface area contributed by atoms with Crippen molar-refractivity contribution in [3.8, 4) is 0 Å². The normalized spacial score (nSPS) is 24.9. The van der Waals surface area contributed by atoms with Crippen LogP contribution in [0.1, 0.15) is 19.8 Å². The predicted octanol–water partition coefficient (Wildman–Crippen LogP) is -1.16. The van der Waals surface area contributed by atoms with E-state index in [0.29, 0.717) is 19.4 Å². The molecule has 74 valence electrons. The average molecular weight is 186 g/mol. The molecule has 0 radical (unpaired) electrons. The number of aliphatic hydroxyl groups excluding tert-OH is 1. The summed E-state index contributed by atoms with van der Waals surface area (Å²) in [6, 6.07) is -0.565. The first-order valence-electron chi connectivity index (χ1n) is 4.35. The second kappa shape index (κ2) is 3.74. The Morgan fingerprint density at radius 1 is 1.85 bits per heavy atom. The smallest absolute Gasteiger partial charge is 0.252 e. The molecule has 0 aliphatic carbocycles. The zero-order valence-electron chi connectivity index (χ0n) is 7.56. The van der Waals surface area contributed by atoms with Crippen molar-refractivity contribution < 1.29 is 14.7 Å². The van der Waals surface area contributed by atoms with E-state index in [1.54, 1.807) is 6.92 Å². The third kappa shape index (κ3) is 1.80. The van der Waals surface area contributed by atoms with Crippen LogP contribution in [0.2, 0.25) is 0 Å². The topological polar surface area (TPSA) is 83.6 Å². The first-order valence-corrected chi connectivity index (χ1v) is 4.35. The maximum Gasteiger partial charge on any atom is 0.252 e. The molecule has 0 bridgehead atoms. The Morgan fingerprint density at radius 2 is 2.46 bits per heavy atom. The number of primary amides is 1. The third-order valence-electron chi connectivity index (χ3n) is 2.30. The van der Waals surface area contributed by atoms with Crippen molar-refractivity contribution in [2.45, 2.75) is 31.9 Å². The first kappa shape index (κ1) is 9.98. The van der Waals surface area contributed by atoms with Gasteiger partial charge in [-0.2, -0.15) is 0 Å². The van der Waals surface area contributed by atoms with E-state index in [1.807, 2.05) is 0 Å². The summed E-state index contributed by atoms with van der Waals surface area (Å²) < 4.78 is 0. The molecule has 5 heteroatoms. The summed E-state index contributed by atoms with van der Waals surface area (Å²) in [5.74, 6) is -0.893. The predicted molar refractivity (Wildman–Crippen MR) is 45.6 cm³/mol. The lowest BCUT2D eigenvalue weighted by Gasteiger charge is -2.23. The molecule has 2 unspecified atom stereocenters. The highest BCUT2D eigenvalue weighted by Gasteiger charge is 2.35. The summed E-state index contributed by atoms with van der Waals surface area (Å²) in [6.45, 7) is 2.20. The highest BCUT2D eigenvalue weighted by molar-refractivity contribution is 5.89. The van der Waals surface area contributed by atoms with E-state index >= 15 is 0 Å². The molecular weight excluding hydrogens is 172 g/mol. The Balaban J connectivity index is 2.71. The molecule has 1 saturated heterocycles. The number of nitrogens with zero attached hydrogens (tertiary/aromatic N) is 1. The van der Waals surface area contributed by atoms with Gasteiger partial charge in [0.1, 0.15) is 12.1 Å². The number of likely N-dealkylation sites (tertiary alicyclic amines) is 1. The van der Waals surface area contributed by atoms with Crippen molar-refractivity contribution in [1.29, 1.82) is 0 Å².